The molecule has 0 unspecified atom stereocenters. The lowest BCUT2D eigenvalue weighted by atomic mass is 10.0. The first-order valence-electron chi connectivity index (χ1n) is 6.98. The molecule has 0 fully saturated rings. The smallest absolute Gasteiger partial charge is 0.120 e. The zero-order valence-corrected chi connectivity index (χ0v) is 11.7. The van der Waals surface area contributed by atoms with Crippen molar-refractivity contribution >= 4 is 5.69 Å². The zero-order chi connectivity index (χ0) is 13.8. The van der Waals surface area contributed by atoms with Crippen molar-refractivity contribution in [2.75, 3.05) is 19.0 Å². The number of ether oxygens (including phenoxy) is 2. The average molecular weight is 269 g/mol. The molecular formula is C17H19NO2. The summed E-state index contributed by atoms with van der Waals surface area (Å²) in [5.74, 6) is 1.70. The van der Waals surface area contributed by atoms with Gasteiger partial charge in [0, 0.05) is 12.2 Å². The summed E-state index contributed by atoms with van der Waals surface area (Å²) in [6.45, 7) is 1.65. The molecule has 1 N–H and O–H groups in total. The van der Waals surface area contributed by atoms with Crippen LogP contribution in [0.4, 0.5) is 5.69 Å². The molecule has 1 heterocycles. The maximum Gasteiger partial charge on any atom is 0.120 e. The van der Waals surface area contributed by atoms with Crippen molar-refractivity contribution in [3.63, 3.8) is 0 Å². The maximum absolute atomic E-state index is 5.80. The molecule has 104 valence electrons. The fourth-order valence-electron chi connectivity index (χ4n) is 2.44. The Morgan fingerprint density at radius 3 is 2.65 bits per heavy atom. The molecule has 0 bridgehead atoms. The van der Waals surface area contributed by atoms with E-state index in [-0.39, 0.29) is 0 Å². The van der Waals surface area contributed by atoms with E-state index >= 15 is 0 Å². The lowest BCUT2D eigenvalue weighted by molar-refractivity contribution is 0.305. The van der Waals surface area contributed by atoms with Gasteiger partial charge in [-0.2, -0.15) is 0 Å². The second-order valence-corrected chi connectivity index (χ2v) is 4.99. The molecule has 0 radical (unpaired) electrons. The normalized spacial score (nSPS) is 13.2. The van der Waals surface area contributed by atoms with E-state index in [1.807, 2.05) is 24.3 Å². The molecule has 0 spiro atoms. The lowest BCUT2D eigenvalue weighted by Gasteiger charge is -2.18. The third-order valence-electron chi connectivity index (χ3n) is 3.58. The molecule has 3 heteroatoms. The Hall–Kier alpha value is -2.16. The molecule has 3 rings (SSSR count). The summed E-state index contributed by atoms with van der Waals surface area (Å²) in [4.78, 5) is 0. The van der Waals surface area contributed by atoms with E-state index in [4.69, 9.17) is 9.47 Å². The molecule has 1 aliphatic rings. The van der Waals surface area contributed by atoms with Crippen LogP contribution in [0.25, 0.3) is 0 Å². The SMILES string of the molecule is COc1ccc(OCc2ccc3c(c2)NCCC3)cc1. The average Bonchev–Trinajstić information content (AvgIpc) is 2.53. The Balaban J connectivity index is 1.65. The maximum atomic E-state index is 5.80. The first-order valence-corrected chi connectivity index (χ1v) is 6.98. The number of hydrogen-bond donors (Lipinski definition) is 1. The minimum absolute atomic E-state index is 0.585. The van der Waals surface area contributed by atoms with Crippen LogP contribution in [0.5, 0.6) is 11.5 Å². The molecule has 0 atom stereocenters. The molecular weight excluding hydrogens is 250 g/mol. The van der Waals surface area contributed by atoms with E-state index < -0.39 is 0 Å². The highest BCUT2D eigenvalue weighted by Crippen LogP contribution is 2.24. The third kappa shape index (κ3) is 2.87. The summed E-state index contributed by atoms with van der Waals surface area (Å²) >= 11 is 0. The molecule has 0 aliphatic carbocycles. The highest BCUT2D eigenvalue weighted by atomic mass is 16.5. The van der Waals surface area contributed by atoms with Crippen molar-refractivity contribution in [2.45, 2.75) is 19.4 Å². The minimum atomic E-state index is 0.585. The lowest BCUT2D eigenvalue weighted by Crippen LogP contribution is -2.12. The molecule has 2 aromatic carbocycles. The largest absolute Gasteiger partial charge is 0.497 e. The van der Waals surface area contributed by atoms with Crippen LogP contribution in [-0.2, 0) is 13.0 Å². The number of benzene rings is 2. The van der Waals surface area contributed by atoms with Gasteiger partial charge in [0.15, 0.2) is 0 Å². The molecule has 3 nitrogen and oxygen atoms in total. The van der Waals surface area contributed by atoms with Gasteiger partial charge in [0.05, 0.1) is 7.11 Å². The monoisotopic (exact) mass is 269 g/mol. The Bertz CT molecular complexity index is 578. The highest BCUT2D eigenvalue weighted by Gasteiger charge is 2.08. The van der Waals surface area contributed by atoms with Gasteiger partial charge in [-0.3, -0.25) is 0 Å². The van der Waals surface area contributed by atoms with Crippen molar-refractivity contribution in [1.82, 2.24) is 0 Å². The number of aryl methyl sites for hydroxylation is 1. The van der Waals surface area contributed by atoms with Crippen LogP contribution in [0.3, 0.4) is 0 Å². The van der Waals surface area contributed by atoms with Crippen LogP contribution in [0, 0.1) is 0 Å². The van der Waals surface area contributed by atoms with Gasteiger partial charge in [-0.05, 0) is 54.3 Å². The van der Waals surface area contributed by atoms with E-state index in [1.165, 1.54) is 29.7 Å². The number of anilines is 1. The summed E-state index contributed by atoms with van der Waals surface area (Å²) in [5.41, 5.74) is 3.85. The summed E-state index contributed by atoms with van der Waals surface area (Å²) < 4.78 is 10.9. The van der Waals surface area contributed by atoms with Crippen LogP contribution in [0.15, 0.2) is 42.5 Å². The van der Waals surface area contributed by atoms with Crippen LogP contribution >= 0.6 is 0 Å². The van der Waals surface area contributed by atoms with Crippen molar-refractivity contribution in [2.24, 2.45) is 0 Å². The summed E-state index contributed by atoms with van der Waals surface area (Å²) in [6, 6.07) is 14.2. The predicted octanol–water partition coefficient (Wildman–Crippen LogP) is 3.63. The highest BCUT2D eigenvalue weighted by molar-refractivity contribution is 5.54. The molecule has 1 aliphatic heterocycles. The van der Waals surface area contributed by atoms with Crippen LogP contribution in [-0.4, -0.2) is 13.7 Å². The topological polar surface area (TPSA) is 30.5 Å². The van der Waals surface area contributed by atoms with E-state index in [9.17, 15) is 0 Å². The van der Waals surface area contributed by atoms with Crippen LogP contribution in [0.1, 0.15) is 17.5 Å². The van der Waals surface area contributed by atoms with Gasteiger partial charge in [-0.1, -0.05) is 12.1 Å². The summed E-state index contributed by atoms with van der Waals surface area (Å²) in [6.07, 6.45) is 2.39. The number of fused-ring (bicyclic) bond motifs is 1. The molecule has 20 heavy (non-hydrogen) atoms. The number of methoxy groups -OCH3 is 1. The van der Waals surface area contributed by atoms with Gasteiger partial charge in [0.2, 0.25) is 0 Å². The van der Waals surface area contributed by atoms with Crippen molar-refractivity contribution in [3.8, 4) is 11.5 Å². The van der Waals surface area contributed by atoms with E-state index in [0.717, 1.165) is 18.0 Å². The second kappa shape index (κ2) is 5.87. The Labute approximate surface area is 119 Å². The van der Waals surface area contributed by atoms with Crippen LogP contribution < -0.4 is 14.8 Å². The van der Waals surface area contributed by atoms with Gasteiger partial charge in [0.25, 0.3) is 0 Å². The molecule has 2 aromatic rings. The summed E-state index contributed by atoms with van der Waals surface area (Å²) in [5, 5.41) is 3.44. The standard InChI is InChI=1S/C17H19NO2/c1-19-15-6-8-16(9-7-15)20-12-13-4-5-14-3-2-10-18-17(14)11-13/h4-9,11,18H,2-3,10,12H2,1H3. The van der Waals surface area contributed by atoms with Crippen LogP contribution in [0.2, 0.25) is 0 Å². The molecule has 0 saturated heterocycles. The van der Waals surface area contributed by atoms with Gasteiger partial charge < -0.3 is 14.8 Å². The van der Waals surface area contributed by atoms with E-state index in [0.29, 0.717) is 6.61 Å². The van der Waals surface area contributed by atoms with Gasteiger partial charge in [-0.25, -0.2) is 0 Å². The number of nitrogens with one attached hydrogen (secondary N) is 1. The fourth-order valence-corrected chi connectivity index (χ4v) is 2.44. The minimum Gasteiger partial charge on any atom is -0.497 e. The van der Waals surface area contributed by atoms with Crippen molar-refractivity contribution in [3.05, 3.63) is 53.6 Å². The van der Waals surface area contributed by atoms with Gasteiger partial charge in [-0.15, -0.1) is 0 Å². The number of hydrogen-bond acceptors (Lipinski definition) is 3. The van der Waals surface area contributed by atoms with Gasteiger partial charge >= 0.3 is 0 Å². The first kappa shape index (κ1) is 12.9. The second-order valence-electron chi connectivity index (χ2n) is 4.99. The quantitative estimate of drug-likeness (QED) is 0.919. The predicted molar refractivity (Wildman–Crippen MR) is 80.6 cm³/mol. The summed E-state index contributed by atoms with van der Waals surface area (Å²) in [7, 11) is 1.66. The first-order chi connectivity index (χ1) is 9.85. The molecule has 0 aromatic heterocycles. The Kier molecular flexibility index (Phi) is 3.77. The number of rotatable bonds is 4. The van der Waals surface area contributed by atoms with Gasteiger partial charge in [0.1, 0.15) is 18.1 Å². The third-order valence-corrected chi connectivity index (χ3v) is 3.58. The molecule has 0 saturated carbocycles. The fraction of sp³-hybridized carbons (Fsp3) is 0.294. The van der Waals surface area contributed by atoms with Crippen molar-refractivity contribution < 1.29 is 9.47 Å². The zero-order valence-electron chi connectivity index (χ0n) is 11.7. The van der Waals surface area contributed by atoms with Crippen molar-refractivity contribution in [1.29, 1.82) is 0 Å². The van der Waals surface area contributed by atoms with E-state index in [2.05, 4.69) is 23.5 Å². The van der Waals surface area contributed by atoms with E-state index in [1.54, 1.807) is 7.11 Å². The molecule has 0 amide bonds. The Morgan fingerprint density at radius 2 is 1.85 bits per heavy atom. The Morgan fingerprint density at radius 1 is 1.05 bits per heavy atom.